The lowest BCUT2D eigenvalue weighted by atomic mass is 10.1. The normalized spacial score (nSPS) is 13.5. The predicted molar refractivity (Wildman–Crippen MR) is 269 cm³/mol. The fourth-order valence-corrected chi connectivity index (χ4v) is 5.86. The van der Waals surface area contributed by atoms with Crippen LogP contribution in [0.1, 0.15) is 175 Å². The maximum absolute atomic E-state index is 12.8. The van der Waals surface area contributed by atoms with E-state index in [1.807, 2.05) is 6.08 Å². The number of rotatable bonds is 42. The highest BCUT2D eigenvalue weighted by Crippen LogP contribution is 2.10. The van der Waals surface area contributed by atoms with Crippen molar-refractivity contribution >= 4 is 11.9 Å². The molecule has 346 valence electrons. The van der Waals surface area contributed by atoms with Crippen LogP contribution in [0.15, 0.2) is 146 Å². The lowest BCUT2D eigenvalue weighted by Crippen LogP contribution is -2.30. The first-order valence-electron chi connectivity index (χ1n) is 24.4. The van der Waals surface area contributed by atoms with Crippen LogP contribution in [0.5, 0.6) is 0 Å². The van der Waals surface area contributed by atoms with Crippen LogP contribution in [-0.2, 0) is 23.8 Å². The van der Waals surface area contributed by atoms with Crippen molar-refractivity contribution in [2.24, 2.45) is 0 Å². The molecule has 0 heterocycles. The first kappa shape index (κ1) is 57.8. The summed E-state index contributed by atoms with van der Waals surface area (Å²) in [6.07, 6.45) is 74.4. The zero-order valence-corrected chi connectivity index (χ0v) is 39.6. The molecule has 0 aliphatic carbocycles. The summed E-state index contributed by atoms with van der Waals surface area (Å²) in [5.74, 6) is -0.555. The van der Waals surface area contributed by atoms with E-state index < -0.39 is 6.10 Å². The fourth-order valence-electron chi connectivity index (χ4n) is 5.86. The summed E-state index contributed by atoms with van der Waals surface area (Å²) in [5, 5.41) is 0. The number of hydrogen-bond donors (Lipinski definition) is 0. The molecule has 5 heteroatoms. The molecule has 0 aliphatic heterocycles. The van der Waals surface area contributed by atoms with Crippen molar-refractivity contribution in [1.82, 2.24) is 0 Å². The summed E-state index contributed by atoms with van der Waals surface area (Å²) in [4.78, 5) is 25.3. The summed E-state index contributed by atoms with van der Waals surface area (Å²) in [6.45, 7) is 7.28. The maximum Gasteiger partial charge on any atom is 0.306 e. The Balaban J connectivity index is 4.47. The Labute approximate surface area is 381 Å². The highest BCUT2D eigenvalue weighted by atomic mass is 16.6. The largest absolute Gasteiger partial charge is 0.462 e. The molecule has 5 nitrogen and oxygen atoms in total. The second-order valence-electron chi connectivity index (χ2n) is 15.2. The summed E-state index contributed by atoms with van der Waals surface area (Å²) in [7, 11) is 0. The van der Waals surface area contributed by atoms with E-state index in [9.17, 15) is 9.59 Å². The molecule has 0 radical (unpaired) electrons. The van der Waals surface area contributed by atoms with Crippen LogP contribution in [0.3, 0.4) is 0 Å². The molecular weight excluding hydrogens is 765 g/mol. The van der Waals surface area contributed by atoms with E-state index in [2.05, 4.69) is 161 Å². The standard InChI is InChI=1S/C57H88O5/c1-4-7-10-13-16-19-22-25-26-27-28-29-30-31-34-37-40-43-46-49-52-60-53-55(62-57(59)51-48-45-42-39-36-33-24-21-18-15-12-9-6-3)54-61-56(58)50-47-44-41-38-35-32-23-20-17-14-11-8-5-2/h7-12,16-21,25-26,28-29,31-36,41,44,55H,4-6,13-15,22-24,27,30,37-40,42-43,45-54H2,1-3H3/b10-7-,11-8-,12-9-,19-16-,20-17-,21-18-,26-25-,29-28-,34-31-,35-32-,36-33-,44-41-. The van der Waals surface area contributed by atoms with Gasteiger partial charge in [-0.2, -0.15) is 0 Å². The second kappa shape index (κ2) is 51.1. The lowest BCUT2D eigenvalue weighted by Gasteiger charge is -2.18. The molecule has 1 atom stereocenters. The van der Waals surface area contributed by atoms with Gasteiger partial charge in [0.15, 0.2) is 6.10 Å². The Kier molecular flexibility index (Phi) is 47.7. The van der Waals surface area contributed by atoms with Gasteiger partial charge in [0.2, 0.25) is 0 Å². The SMILES string of the molecule is CC/C=C\C/C=C\C/C=C\C/C=C\C/C=C\CCCCCCOCC(COC(=O)CC/C=C\C/C=C\C/C=C\C/C=C\CC)OC(=O)CCCCC/C=C\C/C=C\C/C=C\CC. The molecule has 0 aromatic carbocycles. The number of ether oxygens (including phenoxy) is 3. The minimum atomic E-state index is -0.604. The minimum Gasteiger partial charge on any atom is -0.462 e. The molecule has 0 aliphatic rings. The Hall–Kier alpha value is -4.22. The van der Waals surface area contributed by atoms with Crippen molar-refractivity contribution in [2.75, 3.05) is 19.8 Å². The van der Waals surface area contributed by atoms with Crippen LogP contribution in [-0.4, -0.2) is 37.9 Å². The van der Waals surface area contributed by atoms with E-state index in [0.717, 1.165) is 135 Å². The number of esters is 2. The molecular formula is C57H88O5. The van der Waals surface area contributed by atoms with Crippen LogP contribution >= 0.6 is 0 Å². The van der Waals surface area contributed by atoms with Crippen molar-refractivity contribution in [2.45, 2.75) is 181 Å². The third-order valence-corrected chi connectivity index (χ3v) is 9.36. The van der Waals surface area contributed by atoms with E-state index in [1.54, 1.807) is 0 Å². The molecule has 0 spiro atoms. The zero-order valence-electron chi connectivity index (χ0n) is 39.6. The topological polar surface area (TPSA) is 61.8 Å². The van der Waals surface area contributed by atoms with Gasteiger partial charge in [0.25, 0.3) is 0 Å². The highest BCUT2D eigenvalue weighted by molar-refractivity contribution is 5.70. The first-order valence-corrected chi connectivity index (χ1v) is 24.4. The average molecular weight is 853 g/mol. The number of allylic oxidation sites excluding steroid dienone is 24. The van der Waals surface area contributed by atoms with E-state index in [1.165, 1.54) is 0 Å². The Bertz CT molecular complexity index is 1380. The molecule has 0 rings (SSSR count). The third kappa shape index (κ3) is 48.4. The van der Waals surface area contributed by atoms with Crippen LogP contribution in [0.4, 0.5) is 0 Å². The summed E-state index contributed by atoms with van der Waals surface area (Å²) in [5.41, 5.74) is 0. The predicted octanol–water partition coefficient (Wildman–Crippen LogP) is 16.6. The molecule has 1 unspecified atom stereocenters. The van der Waals surface area contributed by atoms with Crippen molar-refractivity contribution < 1.29 is 23.8 Å². The molecule has 0 saturated heterocycles. The van der Waals surface area contributed by atoms with E-state index in [-0.39, 0.29) is 31.6 Å². The Morgan fingerprint density at radius 1 is 0.355 bits per heavy atom. The van der Waals surface area contributed by atoms with E-state index in [0.29, 0.717) is 19.4 Å². The second-order valence-corrected chi connectivity index (χ2v) is 15.2. The van der Waals surface area contributed by atoms with Gasteiger partial charge in [-0.05, 0) is 122 Å². The van der Waals surface area contributed by atoms with Crippen molar-refractivity contribution in [3.63, 3.8) is 0 Å². The molecule has 0 amide bonds. The van der Waals surface area contributed by atoms with Gasteiger partial charge < -0.3 is 14.2 Å². The van der Waals surface area contributed by atoms with Gasteiger partial charge in [-0.25, -0.2) is 0 Å². The molecule has 62 heavy (non-hydrogen) atoms. The highest BCUT2D eigenvalue weighted by Gasteiger charge is 2.17. The number of carbonyl (C=O) groups is 2. The van der Waals surface area contributed by atoms with Crippen LogP contribution in [0, 0.1) is 0 Å². The quantitative estimate of drug-likeness (QED) is 0.0348. The molecule has 0 bridgehead atoms. The van der Waals surface area contributed by atoms with Crippen molar-refractivity contribution in [3.05, 3.63) is 146 Å². The smallest absolute Gasteiger partial charge is 0.306 e. The molecule has 0 N–H and O–H groups in total. The Morgan fingerprint density at radius 3 is 1.13 bits per heavy atom. The fraction of sp³-hybridized carbons (Fsp3) is 0.544. The number of carbonyl (C=O) groups excluding carboxylic acids is 2. The van der Waals surface area contributed by atoms with E-state index >= 15 is 0 Å². The average Bonchev–Trinajstić information content (AvgIpc) is 3.27. The van der Waals surface area contributed by atoms with Crippen LogP contribution in [0.25, 0.3) is 0 Å². The lowest BCUT2D eigenvalue weighted by molar-refractivity contribution is -0.162. The van der Waals surface area contributed by atoms with Gasteiger partial charge in [-0.15, -0.1) is 0 Å². The minimum absolute atomic E-state index is 0.0140. The van der Waals surface area contributed by atoms with Gasteiger partial charge in [0, 0.05) is 19.4 Å². The summed E-state index contributed by atoms with van der Waals surface area (Å²) in [6, 6.07) is 0. The molecule has 0 aromatic heterocycles. The van der Waals surface area contributed by atoms with E-state index in [4.69, 9.17) is 14.2 Å². The van der Waals surface area contributed by atoms with Gasteiger partial charge in [0.1, 0.15) is 6.61 Å². The van der Waals surface area contributed by atoms with Crippen LogP contribution in [0.2, 0.25) is 0 Å². The van der Waals surface area contributed by atoms with Crippen molar-refractivity contribution in [3.8, 4) is 0 Å². The third-order valence-electron chi connectivity index (χ3n) is 9.36. The van der Waals surface area contributed by atoms with Crippen LogP contribution < -0.4 is 0 Å². The molecule has 0 fully saturated rings. The first-order chi connectivity index (χ1) is 30.6. The van der Waals surface area contributed by atoms with Gasteiger partial charge in [-0.1, -0.05) is 186 Å². The summed E-state index contributed by atoms with van der Waals surface area (Å²) < 4.78 is 17.2. The molecule has 0 aromatic rings. The summed E-state index contributed by atoms with van der Waals surface area (Å²) >= 11 is 0. The number of unbranched alkanes of at least 4 members (excludes halogenated alkanes) is 7. The van der Waals surface area contributed by atoms with Gasteiger partial charge in [-0.3, -0.25) is 9.59 Å². The molecule has 0 saturated carbocycles. The number of hydrogen-bond acceptors (Lipinski definition) is 5. The van der Waals surface area contributed by atoms with Crippen molar-refractivity contribution in [1.29, 1.82) is 0 Å². The monoisotopic (exact) mass is 853 g/mol. The zero-order chi connectivity index (χ0) is 44.9. The Morgan fingerprint density at radius 2 is 0.710 bits per heavy atom. The van der Waals surface area contributed by atoms with Gasteiger partial charge >= 0.3 is 11.9 Å². The maximum atomic E-state index is 12.8. The van der Waals surface area contributed by atoms with Gasteiger partial charge in [0.05, 0.1) is 6.61 Å².